The Labute approximate surface area is 122 Å². The number of aliphatic carboxylic acids is 1. The molecule has 4 nitrogen and oxygen atoms in total. The number of carboxylic acid groups (broad SMARTS) is 1. The van der Waals surface area contributed by atoms with Crippen LogP contribution in [0.3, 0.4) is 0 Å². The van der Waals surface area contributed by atoms with Crippen molar-refractivity contribution in [1.29, 1.82) is 0 Å². The summed E-state index contributed by atoms with van der Waals surface area (Å²) in [5, 5.41) is 14.0. The van der Waals surface area contributed by atoms with Gasteiger partial charge in [0.2, 0.25) is 0 Å². The van der Waals surface area contributed by atoms with Gasteiger partial charge in [-0.1, -0.05) is 42.8 Å². The molecule has 2 aromatic carbocycles. The summed E-state index contributed by atoms with van der Waals surface area (Å²) in [6.07, 6.45) is 2.21. The molecular formula is C17H17NO3. The fraction of sp³-hybridized carbons (Fsp3) is 0.294. The molecule has 1 aliphatic carbocycles. The van der Waals surface area contributed by atoms with Crippen molar-refractivity contribution < 1.29 is 14.7 Å². The summed E-state index contributed by atoms with van der Waals surface area (Å²) in [6.45, 7) is 0. The van der Waals surface area contributed by atoms with Crippen LogP contribution in [0.25, 0.3) is 10.8 Å². The molecule has 2 atom stereocenters. The van der Waals surface area contributed by atoms with E-state index in [0.29, 0.717) is 12.0 Å². The number of benzene rings is 2. The molecule has 3 rings (SSSR count). The highest BCUT2D eigenvalue weighted by Crippen LogP contribution is 2.27. The fourth-order valence-electron chi connectivity index (χ4n) is 3.10. The van der Waals surface area contributed by atoms with Crippen LogP contribution in [0.4, 0.5) is 0 Å². The van der Waals surface area contributed by atoms with Gasteiger partial charge in [-0.05, 0) is 29.7 Å². The Morgan fingerprint density at radius 1 is 1.05 bits per heavy atom. The minimum Gasteiger partial charge on any atom is -0.481 e. The smallest absolute Gasteiger partial charge is 0.308 e. The number of rotatable bonds is 3. The third kappa shape index (κ3) is 2.61. The lowest BCUT2D eigenvalue weighted by Crippen LogP contribution is -2.40. The highest BCUT2D eigenvalue weighted by Gasteiger charge is 2.34. The van der Waals surface area contributed by atoms with E-state index < -0.39 is 11.9 Å². The maximum atomic E-state index is 12.5. The van der Waals surface area contributed by atoms with E-state index in [0.717, 1.165) is 23.6 Å². The maximum absolute atomic E-state index is 12.5. The largest absolute Gasteiger partial charge is 0.481 e. The standard InChI is InChI=1S/C17H17NO3/c19-16(18-15-10-4-9-14(15)17(20)21)13-8-3-6-11-5-1-2-7-12(11)13/h1-3,5-8,14-15H,4,9-10H2,(H,18,19)(H,20,21)/t14-,15+/m1/s1. The fourth-order valence-corrected chi connectivity index (χ4v) is 3.10. The molecule has 4 heteroatoms. The molecule has 1 aliphatic rings. The monoisotopic (exact) mass is 283 g/mol. The summed E-state index contributed by atoms with van der Waals surface area (Å²) in [5.41, 5.74) is 0.601. The Kier molecular flexibility index (Phi) is 3.60. The molecule has 0 spiro atoms. The van der Waals surface area contributed by atoms with Crippen LogP contribution in [0.15, 0.2) is 42.5 Å². The first-order valence-corrected chi connectivity index (χ1v) is 7.18. The number of nitrogens with one attached hydrogen (secondary N) is 1. The number of hydrogen-bond donors (Lipinski definition) is 2. The zero-order valence-electron chi connectivity index (χ0n) is 11.6. The van der Waals surface area contributed by atoms with E-state index in [9.17, 15) is 14.7 Å². The van der Waals surface area contributed by atoms with E-state index in [1.165, 1.54) is 0 Å². The van der Waals surface area contributed by atoms with Crippen molar-refractivity contribution in [3.8, 4) is 0 Å². The van der Waals surface area contributed by atoms with Crippen molar-refractivity contribution >= 4 is 22.6 Å². The van der Waals surface area contributed by atoms with Gasteiger partial charge in [-0.15, -0.1) is 0 Å². The summed E-state index contributed by atoms with van der Waals surface area (Å²) < 4.78 is 0. The summed E-state index contributed by atoms with van der Waals surface area (Å²) in [6, 6.07) is 13.0. The number of carbonyl (C=O) groups is 2. The molecule has 2 N–H and O–H groups in total. The van der Waals surface area contributed by atoms with Crippen molar-refractivity contribution in [1.82, 2.24) is 5.32 Å². The molecule has 0 saturated heterocycles. The predicted octanol–water partition coefficient (Wildman–Crippen LogP) is 2.82. The van der Waals surface area contributed by atoms with E-state index in [1.807, 2.05) is 36.4 Å². The van der Waals surface area contributed by atoms with Crippen molar-refractivity contribution in [3.05, 3.63) is 48.0 Å². The van der Waals surface area contributed by atoms with Crippen LogP contribution in [0, 0.1) is 5.92 Å². The number of carbonyl (C=O) groups excluding carboxylic acids is 1. The molecule has 0 aromatic heterocycles. The molecule has 1 saturated carbocycles. The van der Waals surface area contributed by atoms with Gasteiger partial charge in [0.05, 0.1) is 5.92 Å². The van der Waals surface area contributed by atoms with Crippen LogP contribution in [0.5, 0.6) is 0 Å². The number of fused-ring (bicyclic) bond motifs is 1. The topological polar surface area (TPSA) is 66.4 Å². The van der Waals surface area contributed by atoms with Crippen LogP contribution < -0.4 is 5.32 Å². The summed E-state index contributed by atoms with van der Waals surface area (Å²) in [4.78, 5) is 23.7. The molecule has 0 aliphatic heterocycles. The van der Waals surface area contributed by atoms with Gasteiger partial charge in [0.1, 0.15) is 0 Å². The predicted molar refractivity (Wildman–Crippen MR) is 80.2 cm³/mol. The third-order valence-corrected chi connectivity index (χ3v) is 4.18. The number of carboxylic acids is 1. The molecule has 1 fully saturated rings. The highest BCUT2D eigenvalue weighted by molar-refractivity contribution is 6.07. The van der Waals surface area contributed by atoms with Gasteiger partial charge in [0, 0.05) is 11.6 Å². The molecule has 0 bridgehead atoms. The lowest BCUT2D eigenvalue weighted by atomic mass is 10.0. The Morgan fingerprint density at radius 3 is 2.62 bits per heavy atom. The lowest BCUT2D eigenvalue weighted by Gasteiger charge is -2.18. The Balaban J connectivity index is 1.86. The Bertz CT molecular complexity index is 690. The molecule has 108 valence electrons. The molecule has 21 heavy (non-hydrogen) atoms. The van der Waals surface area contributed by atoms with Crippen LogP contribution in [-0.2, 0) is 4.79 Å². The zero-order valence-corrected chi connectivity index (χ0v) is 11.6. The first-order valence-electron chi connectivity index (χ1n) is 7.18. The van der Waals surface area contributed by atoms with E-state index in [1.54, 1.807) is 6.07 Å². The first kappa shape index (κ1) is 13.6. The van der Waals surface area contributed by atoms with Crippen LogP contribution in [0.2, 0.25) is 0 Å². The molecule has 1 amide bonds. The van der Waals surface area contributed by atoms with Gasteiger partial charge in [-0.3, -0.25) is 9.59 Å². The Morgan fingerprint density at radius 2 is 1.81 bits per heavy atom. The van der Waals surface area contributed by atoms with Crippen molar-refractivity contribution in [2.45, 2.75) is 25.3 Å². The second-order valence-electron chi connectivity index (χ2n) is 5.48. The maximum Gasteiger partial charge on any atom is 0.308 e. The highest BCUT2D eigenvalue weighted by atomic mass is 16.4. The van der Waals surface area contributed by atoms with Gasteiger partial charge < -0.3 is 10.4 Å². The van der Waals surface area contributed by atoms with E-state index in [-0.39, 0.29) is 11.9 Å². The van der Waals surface area contributed by atoms with Crippen LogP contribution in [-0.4, -0.2) is 23.0 Å². The van der Waals surface area contributed by atoms with Crippen molar-refractivity contribution in [2.75, 3.05) is 0 Å². The summed E-state index contributed by atoms with van der Waals surface area (Å²) in [5.74, 6) is -1.48. The minimum atomic E-state index is -0.823. The zero-order chi connectivity index (χ0) is 14.8. The van der Waals surface area contributed by atoms with E-state index in [4.69, 9.17) is 0 Å². The minimum absolute atomic E-state index is 0.190. The summed E-state index contributed by atoms with van der Waals surface area (Å²) >= 11 is 0. The van der Waals surface area contributed by atoms with Gasteiger partial charge in [-0.25, -0.2) is 0 Å². The SMILES string of the molecule is O=C(N[C@H]1CCC[C@H]1C(=O)O)c1cccc2ccccc12. The van der Waals surface area contributed by atoms with Crippen molar-refractivity contribution in [3.63, 3.8) is 0 Å². The molecular weight excluding hydrogens is 266 g/mol. The second kappa shape index (κ2) is 5.56. The Hall–Kier alpha value is -2.36. The summed E-state index contributed by atoms with van der Waals surface area (Å²) in [7, 11) is 0. The molecule has 0 radical (unpaired) electrons. The average Bonchev–Trinajstić information content (AvgIpc) is 2.95. The van der Waals surface area contributed by atoms with E-state index >= 15 is 0 Å². The van der Waals surface area contributed by atoms with Gasteiger partial charge in [-0.2, -0.15) is 0 Å². The normalized spacial score (nSPS) is 21.3. The number of hydrogen-bond acceptors (Lipinski definition) is 2. The second-order valence-corrected chi connectivity index (χ2v) is 5.48. The molecule has 2 aromatic rings. The van der Waals surface area contributed by atoms with Crippen LogP contribution >= 0.6 is 0 Å². The van der Waals surface area contributed by atoms with Gasteiger partial charge >= 0.3 is 5.97 Å². The third-order valence-electron chi connectivity index (χ3n) is 4.18. The van der Waals surface area contributed by atoms with Gasteiger partial charge in [0.25, 0.3) is 5.91 Å². The van der Waals surface area contributed by atoms with Crippen LogP contribution in [0.1, 0.15) is 29.6 Å². The van der Waals surface area contributed by atoms with Crippen molar-refractivity contribution in [2.24, 2.45) is 5.92 Å². The molecule has 0 heterocycles. The lowest BCUT2D eigenvalue weighted by molar-refractivity contribution is -0.142. The van der Waals surface area contributed by atoms with Gasteiger partial charge in [0.15, 0.2) is 0 Å². The number of amides is 1. The first-order chi connectivity index (χ1) is 10.2. The quantitative estimate of drug-likeness (QED) is 0.910. The molecule has 0 unspecified atom stereocenters. The average molecular weight is 283 g/mol. The van der Waals surface area contributed by atoms with E-state index in [2.05, 4.69) is 5.32 Å².